The number of ether oxygens (including phenoxy) is 1. The van der Waals surface area contributed by atoms with Crippen LogP contribution in [0.2, 0.25) is 0 Å². The van der Waals surface area contributed by atoms with Crippen molar-refractivity contribution in [2.45, 2.75) is 46.1 Å². The van der Waals surface area contributed by atoms with E-state index in [1.807, 2.05) is 51.5 Å². The summed E-state index contributed by atoms with van der Waals surface area (Å²) in [4.78, 5) is 16.0. The predicted molar refractivity (Wildman–Crippen MR) is 137 cm³/mol. The lowest BCUT2D eigenvalue weighted by Crippen LogP contribution is -2.24. The molecule has 4 heterocycles. The van der Waals surface area contributed by atoms with E-state index in [1.54, 1.807) is 12.1 Å². The number of hydrogen-bond acceptors (Lipinski definition) is 5. The molecule has 0 saturated heterocycles. The van der Waals surface area contributed by atoms with Crippen LogP contribution in [0.5, 0.6) is 11.6 Å². The number of aromatic nitrogens is 4. The van der Waals surface area contributed by atoms with Crippen molar-refractivity contribution in [3.63, 3.8) is 0 Å². The van der Waals surface area contributed by atoms with Crippen LogP contribution in [0.25, 0.3) is 32.9 Å². The average Bonchev–Trinajstić information content (AvgIpc) is 3.23. The van der Waals surface area contributed by atoms with Gasteiger partial charge < -0.3 is 14.8 Å². The molecule has 2 N–H and O–H groups in total. The van der Waals surface area contributed by atoms with Crippen LogP contribution in [0.4, 0.5) is 0 Å². The molecule has 5 aromatic rings. The molecule has 1 aliphatic carbocycles. The number of aromatic amines is 1. The molecule has 34 heavy (non-hydrogen) atoms. The summed E-state index contributed by atoms with van der Waals surface area (Å²) < 4.78 is 5.83. The summed E-state index contributed by atoms with van der Waals surface area (Å²) in [6, 6.07) is 15.9. The molecule has 0 spiro atoms. The van der Waals surface area contributed by atoms with Gasteiger partial charge in [0.05, 0.1) is 6.20 Å². The van der Waals surface area contributed by atoms with Gasteiger partial charge in [0.15, 0.2) is 0 Å². The van der Waals surface area contributed by atoms with Crippen LogP contribution in [-0.4, -0.2) is 31.1 Å². The molecule has 1 fully saturated rings. The highest BCUT2D eigenvalue weighted by molar-refractivity contribution is 6.07. The maximum atomic E-state index is 8.69. The number of aromatic hydroxyl groups is 1. The van der Waals surface area contributed by atoms with E-state index in [-0.39, 0.29) is 5.75 Å². The van der Waals surface area contributed by atoms with Gasteiger partial charge in [0.1, 0.15) is 11.9 Å². The molecule has 4 aromatic heterocycles. The van der Waals surface area contributed by atoms with Gasteiger partial charge in [-0.05, 0) is 62.1 Å². The quantitative estimate of drug-likeness (QED) is 0.312. The van der Waals surface area contributed by atoms with E-state index in [0.29, 0.717) is 6.10 Å². The fraction of sp³-hybridized carbons (Fsp3) is 0.250. The van der Waals surface area contributed by atoms with Crippen molar-refractivity contribution in [1.29, 1.82) is 0 Å². The molecule has 6 heteroatoms. The summed E-state index contributed by atoms with van der Waals surface area (Å²) in [5.41, 5.74) is 5.38. The van der Waals surface area contributed by atoms with E-state index in [9.17, 15) is 0 Å². The Kier molecular flexibility index (Phi) is 7.38. The van der Waals surface area contributed by atoms with Crippen molar-refractivity contribution in [3.8, 4) is 22.8 Å². The van der Waals surface area contributed by atoms with Gasteiger partial charge in [-0.1, -0.05) is 26.0 Å². The maximum Gasteiger partial charge on any atom is 0.213 e. The third kappa shape index (κ3) is 5.34. The highest BCUT2D eigenvalue weighted by atomic mass is 16.5. The smallest absolute Gasteiger partial charge is 0.213 e. The lowest BCUT2D eigenvalue weighted by molar-refractivity contribution is 0.114. The summed E-state index contributed by atoms with van der Waals surface area (Å²) in [7, 11) is 0. The fourth-order valence-corrected chi connectivity index (χ4v) is 3.67. The maximum absolute atomic E-state index is 8.69. The molecule has 0 bridgehead atoms. The molecule has 0 unspecified atom stereocenters. The van der Waals surface area contributed by atoms with E-state index in [0.717, 1.165) is 52.0 Å². The number of benzene rings is 1. The van der Waals surface area contributed by atoms with Gasteiger partial charge in [0.25, 0.3) is 0 Å². The van der Waals surface area contributed by atoms with Crippen molar-refractivity contribution >= 4 is 21.8 Å². The number of H-pyrrole nitrogens is 1. The molecular weight excluding hydrogens is 424 g/mol. The normalized spacial score (nSPS) is 12.8. The van der Waals surface area contributed by atoms with Crippen molar-refractivity contribution in [3.05, 3.63) is 79.0 Å². The molecule has 1 aliphatic rings. The largest absolute Gasteiger partial charge is 0.506 e. The highest BCUT2D eigenvalue weighted by Gasteiger charge is 2.19. The average molecular weight is 455 g/mol. The Labute approximate surface area is 199 Å². The van der Waals surface area contributed by atoms with E-state index in [4.69, 9.17) is 9.84 Å². The Bertz CT molecular complexity index is 1320. The van der Waals surface area contributed by atoms with Crippen LogP contribution in [0.1, 0.15) is 38.8 Å². The Morgan fingerprint density at radius 2 is 1.68 bits per heavy atom. The monoisotopic (exact) mass is 454 g/mol. The minimum Gasteiger partial charge on any atom is -0.506 e. The molecular formula is C28H30N4O2. The number of hydrogen-bond donors (Lipinski definition) is 2. The summed E-state index contributed by atoms with van der Waals surface area (Å²) in [6.45, 7) is 5.87. The SMILES string of the molecule is CC.Cc1ccc(O)cn1.c1cc2[nH]c3cc(-c4ccc(OC5CCC5)nc4)ccc3c2cn1. The number of aryl methyl sites for hydroxylation is 1. The lowest BCUT2D eigenvalue weighted by Gasteiger charge is -2.25. The number of nitrogens with one attached hydrogen (secondary N) is 1. The Morgan fingerprint density at radius 1 is 0.853 bits per heavy atom. The first-order valence-corrected chi connectivity index (χ1v) is 11.8. The first-order chi connectivity index (χ1) is 16.7. The standard InChI is InChI=1S/C20H17N3O.C6H7NO.C2H6/c1-2-15(3-1)24-20-7-5-14(11-22-20)13-4-6-16-17-12-21-9-8-18(17)23-19(16)10-13;1-5-2-3-6(8)4-7-5;1-2/h4-12,15,23H,1-3H2;2-4,8H,1H3;1-2H3. The molecule has 0 amide bonds. The number of rotatable bonds is 3. The number of fused-ring (bicyclic) bond motifs is 3. The summed E-state index contributed by atoms with van der Waals surface area (Å²) >= 11 is 0. The third-order valence-electron chi connectivity index (χ3n) is 5.71. The summed E-state index contributed by atoms with van der Waals surface area (Å²) in [6.07, 6.45) is 11.0. The van der Waals surface area contributed by atoms with Crippen molar-refractivity contribution in [1.82, 2.24) is 19.9 Å². The van der Waals surface area contributed by atoms with E-state index >= 15 is 0 Å². The predicted octanol–water partition coefficient (Wildman–Crippen LogP) is 6.83. The number of pyridine rings is 3. The lowest BCUT2D eigenvalue weighted by atomic mass is 9.96. The fourth-order valence-electron chi connectivity index (χ4n) is 3.67. The zero-order chi connectivity index (χ0) is 23.9. The molecule has 1 saturated carbocycles. The summed E-state index contributed by atoms with van der Waals surface area (Å²) in [5.74, 6) is 0.941. The molecule has 6 rings (SSSR count). The van der Waals surface area contributed by atoms with Crippen LogP contribution >= 0.6 is 0 Å². The van der Waals surface area contributed by atoms with E-state index in [2.05, 4.69) is 44.2 Å². The highest BCUT2D eigenvalue weighted by Crippen LogP contribution is 2.30. The molecule has 174 valence electrons. The van der Waals surface area contributed by atoms with Crippen molar-refractivity contribution in [2.24, 2.45) is 0 Å². The number of nitrogens with zero attached hydrogens (tertiary/aromatic N) is 3. The molecule has 0 aliphatic heterocycles. The second-order valence-corrected chi connectivity index (χ2v) is 8.02. The van der Waals surface area contributed by atoms with Gasteiger partial charge >= 0.3 is 0 Å². The Morgan fingerprint density at radius 3 is 2.32 bits per heavy atom. The Balaban J connectivity index is 0.000000232. The van der Waals surface area contributed by atoms with Crippen LogP contribution in [-0.2, 0) is 0 Å². The van der Waals surface area contributed by atoms with Crippen molar-refractivity contribution in [2.75, 3.05) is 0 Å². The second kappa shape index (κ2) is 10.8. The van der Waals surface area contributed by atoms with Gasteiger partial charge in [0.2, 0.25) is 5.88 Å². The van der Waals surface area contributed by atoms with Crippen LogP contribution in [0, 0.1) is 6.92 Å². The molecule has 1 aromatic carbocycles. The van der Waals surface area contributed by atoms with Crippen LogP contribution in [0.3, 0.4) is 0 Å². The van der Waals surface area contributed by atoms with E-state index < -0.39 is 0 Å². The van der Waals surface area contributed by atoms with Crippen molar-refractivity contribution < 1.29 is 9.84 Å². The zero-order valence-corrected chi connectivity index (χ0v) is 19.8. The Hall–Kier alpha value is -3.93. The van der Waals surface area contributed by atoms with E-state index in [1.165, 1.54) is 18.0 Å². The molecule has 0 radical (unpaired) electrons. The van der Waals surface area contributed by atoms with Gasteiger partial charge in [-0.2, -0.15) is 0 Å². The van der Waals surface area contributed by atoms with Gasteiger partial charge in [-0.15, -0.1) is 0 Å². The van der Waals surface area contributed by atoms with Crippen LogP contribution in [0.15, 0.2) is 73.3 Å². The topological polar surface area (TPSA) is 83.9 Å². The summed E-state index contributed by atoms with van der Waals surface area (Å²) in [5, 5.41) is 11.0. The second-order valence-electron chi connectivity index (χ2n) is 8.02. The minimum atomic E-state index is 0.218. The molecule has 0 atom stereocenters. The first kappa shape index (κ1) is 23.2. The first-order valence-electron chi connectivity index (χ1n) is 11.8. The minimum absolute atomic E-state index is 0.218. The zero-order valence-electron chi connectivity index (χ0n) is 19.8. The third-order valence-corrected chi connectivity index (χ3v) is 5.71. The van der Waals surface area contributed by atoms with Crippen LogP contribution < -0.4 is 4.74 Å². The van der Waals surface area contributed by atoms with Gasteiger partial charge in [-0.25, -0.2) is 4.98 Å². The molecule has 6 nitrogen and oxygen atoms in total. The van der Waals surface area contributed by atoms with Gasteiger partial charge in [-0.3, -0.25) is 9.97 Å². The van der Waals surface area contributed by atoms with Gasteiger partial charge in [0, 0.05) is 57.7 Å².